The molecule has 0 radical (unpaired) electrons. The van der Waals surface area contributed by atoms with Crippen molar-refractivity contribution in [3.63, 3.8) is 0 Å². The lowest BCUT2D eigenvalue weighted by atomic mass is 10.2. The van der Waals surface area contributed by atoms with Crippen molar-refractivity contribution in [2.24, 2.45) is 0 Å². The maximum absolute atomic E-state index is 10.8. The zero-order valence-electron chi connectivity index (χ0n) is 8.19. The van der Waals surface area contributed by atoms with Crippen LogP contribution in [-0.2, 0) is 0 Å². The first-order chi connectivity index (χ1) is 7.20. The van der Waals surface area contributed by atoms with Crippen LogP contribution in [0.1, 0.15) is 0 Å². The molecule has 0 aliphatic rings. The first-order valence-corrected chi connectivity index (χ1v) is 4.19. The number of methoxy groups -OCH3 is 1. The number of ether oxygens (including phenoxy) is 1. The first kappa shape index (κ1) is 10.9. The molecule has 0 amide bonds. The SMILES string of the molecule is C#CCNc1cccc(OC)c1[N+](=O)[O-]. The normalized spacial score (nSPS) is 9.07. The van der Waals surface area contributed by atoms with Gasteiger partial charge in [-0.05, 0) is 12.1 Å². The summed E-state index contributed by atoms with van der Waals surface area (Å²) in [6.45, 7) is 0.230. The van der Waals surface area contributed by atoms with Gasteiger partial charge in [0.25, 0.3) is 0 Å². The number of benzene rings is 1. The summed E-state index contributed by atoms with van der Waals surface area (Å²) in [4.78, 5) is 10.3. The molecule has 0 fully saturated rings. The summed E-state index contributed by atoms with van der Waals surface area (Å²) in [5, 5.41) is 13.6. The van der Waals surface area contributed by atoms with Crippen LogP contribution in [-0.4, -0.2) is 18.6 Å². The number of anilines is 1. The van der Waals surface area contributed by atoms with E-state index >= 15 is 0 Å². The Morgan fingerprint density at radius 1 is 1.67 bits per heavy atom. The highest BCUT2D eigenvalue weighted by atomic mass is 16.6. The molecule has 0 saturated carbocycles. The molecule has 1 N–H and O–H groups in total. The summed E-state index contributed by atoms with van der Waals surface area (Å²) in [5.41, 5.74) is 0.257. The van der Waals surface area contributed by atoms with Crippen LogP contribution in [0.3, 0.4) is 0 Å². The van der Waals surface area contributed by atoms with Crippen LogP contribution in [0.15, 0.2) is 18.2 Å². The number of nitrogens with one attached hydrogen (secondary N) is 1. The van der Waals surface area contributed by atoms with Crippen molar-refractivity contribution in [3.8, 4) is 18.1 Å². The van der Waals surface area contributed by atoms with Crippen LogP contribution in [0.25, 0.3) is 0 Å². The molecule has 0 aliphatic carbocycles. The summed E-state index contributed by atoms with van der Waals surface area (Å²) in [6.07, 6.45) is 5.06. The number of nitrogens with zero attached hydrogens (tertiary/aromatic N) is 1. The molecule has 0 aliphatic heterocycles. The molecule has 1 rings (SSSR count). The van der Waals surface area contributed by atoms with Gasteiger partial charge in [-0.2, -0.15) is 0 Å². The highest BCUT2D eigenvalue weighted by Gasteiger charge is 2.19. The number of hydrogen-bond acceptors (Lipinski definition) is 4. The Kier molecular flexibility index (Phi) is 3.52. The van der Waals surface area contributed by atoms with E-state index in [1.165, 1.54) is 13.2 Å². The van der Waals surface area contributed by atoms with Crippen molar-refractivity contribution in [2.45, 2.75) is 0 Å². The van der Waals surface area contributed by atoms with Crippen LogP contribution >= 0.6 is 0 Å². The lowest BCUT2D eigenvalue weighted by molar-refractivity contribution is -0.384. The average Bonchev–Trinajstić information content (AvgIpc) is 2.25. The Hall–Kier alpha value is -2.22. The van der Waals surface area contributed by atoms with Gasteiger partial charge in [0.15, 0.2) is 5.75 Å². The zero-order chi connectivity index (χ0) is 11.3. The predicted octanol–water partition coefficient (Wildman–Crippen LogP) is 1.65. The van der Waals surface area contributed by atoms with E-state index in [-0.39, 0.29) is 18.0 Å². The van der Waals surface area contributed by atoms with Gasteiger partial charge in [0, 0.05) is 0 Å². The molecule has 0 spiro atoms. The molecule has 15 heavy (non-hydrogen) atoms. The summed E-state index contributed by atoms with van der Waals surface area (Å²) in [5.74, 6) is 2.56. The number of rotatable bonds is 4. The van der Waals surface area contributed by atoms with Gasteiger partial charge in [-0.25, -0.2) is 0 Å². The molecule has 0 atom stereocenters. The molecule has 5 nitrogen and oxygen atoms in total. The monoisotopic (exact) mass is 206 g/mol. The highest BCUT2D eigenvalue weighted by molar-refractivity contribution is 5.68. The van der Waals surface area contributed by atoms with Crippen molar-refractivity contribution >= 4 is 11.4 Å². The average molecular weight is 206 g/mol. The topological polar surface area (TPSA) is 64.4 Å². The summed E-state index contributed by atoms with van der Waals surface area (Å²) >= 11 is 0. The molecule has 0 bridgehead atoms. The van der Waals surface area contributed by atoms with Crippen molar-refractivity contribution in [3.05, 3.63) is 28.3 Å². The quantitative estimate of drug-likeness (QED) is 0.462. The molecule has 1 aromatic carbocycles. The molecular weight excluding hydrogens is 196 g/mol. The van der Waals surface area contributed by atoms with E-state index in [0.717, 1.165) is 0 Å². The van der Waals surface area contributed by atoms with Gasteiger partial charge in [0.1, 0.15) is 5.69 Å². The third-order valence-corrected chi connectivity index (χ3v) is 1.78. The fourth-order valence-corrected chi connectivity index (χ4v) is 1.16. The van der Waals surface area contributed by atoms with Crippen LogP contribution < -0.4 is 10.1 Å². The van der Waals surface area contributed by atoms with Crippen LogP contribution in [0.5, 0.6) is 5.75 Å². The van der Waals surface area contributed by atoms with Crippen molar-refractivity contribution in [1.82, 2.24) is 0 Å². The Labute approximate surface area is 87.2 Å². The van der Waals surface area contributed by atoms with Crippen molar-refractivity contribution < 1.29 is 9.66 Å². The summed E-state index contributed by atoms with van der Waals surface area (Å²) in [6, 6.07) is 4.77. The zero-order valence-corrected chi connectivity index (χ0v) is 8.19. The molecule has 0 aromatic heterocycles. The minimum absolute atomic E-state index is 0.102. The highest BCUT2D eigenvalue weighted by Crippen LogP contribution is 2.34. The second kappa shape index (κ2) is 4.86. The smallest absolute Gasteiger partial charge is 0.333 e. The van der Waals surface area contributed by atoms with Gasteiger partial charge in [-0.15, -0.1) is 6.42 Å². The van der Waals surface area contributed by atoms with E-state index in [0.29, 0.717) is 5.69 Å². The minimum atomic E-state index is -0.502. The number of hydrogen-bond donors (Lipinski definition) is 1. The van der Waals surface area contributed by atoms with Gasteiger partial charge in [0.2, 0.25) is 0 Å². The minimum Gasteiger partial charge on any atom is -0.490 e. The van der Waals surface area contributed by atoms with Crippen LogP contribution in [0.2, 0.25) is 0 Å². The lowest BCUT2D eigenvalue weighted by Crippen LogP contribution is -2.03. The van der Waals surface area contributed by atoms with Gasteiger partial charge in [-0.3, -0.25) is 10.1 Å². The second-order valence-corrected chi connectivity index (χ2v) is 2.67. The molecule has 0 heterocycles. The largest absolute Gasteiger partial charge is 0.490 e. The molecular formula is C10H10N2O3. The molecule has 0 saturated heterocycles. The van der Waals surface area contributed by atoms with Gasteiger partial charge < -0.3 is 10.1 Å². The Morgan fingerprint density at radius 2 is 2.40 bits per heavy atom. The van der Waals surface area contributed by atoms with Crippen LogP contribution in [0.4, 0.5) is 11.4 Å². The third kappa shape index (κ3) is 2.38. The van der Waals surface area contributed by atoms with Crippen molar-refractivity contribution in [2.75, 3.05) is 19.0 Å². The molecule has 78 valence electrons. The fourth-order valence-electron chi connectivity index (χ4n) is 1.16. The predicted molar refractivity (Wildman–Crippen MR) is 57.0 cm³/mol. The maximum atomic E-state index is 10.8. The standard InChI is InChI=1S/C10H10N2O3/c1-3-7-11-8-5-4-6-9(15-2)10(8)12(13)14/h1,4-6,11H,7H2,2H3. The Balaban J connectivity index is 3.14. The Bertz CT molecular complexity index is 410. The van der Waals surface area contributed by atoms with E-state index in [9.17, 15) is 10.1 Å². The van der Waals surface area contributed by atoms with E-state index in [1.54, 1.807) is 12.1 Å². The molecule has 1 aromatic rings. The van der Waals surface area contributed by atoms with Crippen molar-refractivity contribution in [1.29, 1.82) is 0 Å². The number of nitro groups is 1. The number of nitro benzene ring substituents is 1. The van der Waals surface area contributed by atoms with Gasteiger partial charge in [0.05, 0.1) is 18.6 Å². The fraction of sp³-hybridized carbons (Fsp3) is 0.200. The van der Waals surface area contributed by atoms with Crippen LogP contribution in [0, 0.1) is 22.5 Å². The molecule has 0 unspecified atom stereocenters. The molecule has 5 heteroatoms. The number of para-hydroxylation sites is 1. The van der Waals surface area contributed by atoms with E-state index < -0.39 is 4.92 Å². The summed E-state index contributed by atoms with van der Waals surface area (Å²) in [7, 11) is 1.38. The third-order valence-electron chi connectivity index (χ3n) is 1.78. The van der Waals surface area contributed by atoms with E-state index in [1.807, 2.05) is 0 Å². The van der Waals surface area contributed by atoms with Gasteiger partial charge >= 0.3 is 5.69 Å². The summed E-state index contributed by atoms with van der Waals surface area (Å²) < 4.78 is 4.89. The second-order valence-electron chi connectivity index (χ2n) is 2.67. The lowest BCUT2D eigenvalue weighted by Gasteiger charge is -2.06. The maximum Gasteiger partial charge on any atom is 0.333 e. The first-order valence-electron chi connectivity index (χ1n) is 4.19. The Morgan fingerprint density at radius 3 is 2.93 bits per heavy atom. The van der Waals surface area contributed by atoms with E-state index in [4.69, 9.17) is 11.2 Å². The van der Waals surface area contributed by atoms with E-state index in [2.05, 4.69) is 11.2 Å². The number of terminal acetylenes is 1. The van der Waals surface area contributed by atoms with Gasteiger partial charge in [-0.1, -0.05) is 12.0 Å².